The number of hydrogen-bond donors (Lipinski definition) is 2. The molecule has 0 aliphatic carbocycles. The first-order valence-electron chi connectivity index (χ1n) is 9.44. The predicted molar refractivity (Wildman–Crippen MR) is 108 cm³/mol. The number of aryl methyl sites for hydroxylation is 1. The van der Waals surface area contributed by atoms with Gasteiger partial charge in [0.05, 0.1) is 7.11 Å². The zero-order valence-corrected chi connectivity index (χ0v) is 15.2. The Morgan fingerprint density at radius 1 is 1.12 bits per heavy atom. The molecule has 0 bridgehead atoms. The van der Waals surface area contributed by atoms with E-state index in [0.717, 1.165) is 25.1 Å². The number of rotatable bonds is 6. The van der Waals surface area contributed by atoms with Gasteiger partial charge in [0.15, 0.2) is 0 Å². The van der Waals surface area contributed by atoms with Crippen molar-refractivity contribution in [3.8, 4) is 5.75 Å². The highest BCUT2D eigenvalue weighted by molar-refractivity contribution is 5.82. The van der Waals surface area contributed by atoms with Crippen molar-refractivity contribution in [2.75, 3.05) is 13.7 Å². The molecule has 0 fully saturated rings. The van der Waals surface area contributed by atoms with E-state index in [-0.39, 0.29) is 0 Å². The van der Waals surface area contributed by atoms with Crippen molar-refractivity contribution < 1.29 is 4.74 Å². The van der Waals surface area contributed by atoms with Crippen molar-refractivity contribution in [1.82, 2.24) is 10.3 Å². The van der Waals surface area contributed by atoms with Crippen LogP contribution in [-0.2, 0) is 6.42 Å². The molecule has 0 saturated heterocycles. The first kappa shape index (κ1) is 16.9. The van der Waals surface area contributed by atoms with Crippen molar-refractivity contribution in [3.05, 3.63) is 78.0 Å². The maximum absolute atomic E-state index is 5.40. The van der Waals surface area contributed by atoms with Gasteiger partial charge in [-0.05, 0) is 48.6 Å². The fraction of sp³-hybridized carbons (Fsp3) is 0.304. The Morgan fingerprint density at radius 3 is 2.96 bits per heavy atom. The standard InChI is InChI=1S/C23H26N2O/c1-26-19-9-4-7-17(15-19)20-11-6-14-24-22(20)13-5-8-18-16-25-23-12-3-2-10-21(18)23/h2-4,6-7,9-12,15-16,20,22,24-25H,5,8,13-14H2,1H3. The normalized spacial score (nSPS) is 19.7. The van der Waals surface area contributed by atoms with Crippen LogP contribution in [0.4, 0.5) is 0 Å². The Balaban J connectivity index is 1.43. The van der Waals surface area contributed by atoms with Crippen LogP contribution in [0, 0.1) is 0 Å². The second-order valence-electron chi connectivity index (χ2n) is 7.00. The van der Waals surface area contributed by atoms with Gasteiger partial charge in [0.1, 0.15) is 5.75 Å². The van der Waals surface area contributed by atoms with E-state index in [1.54, 1.807) is 7.11 Å². The molecule has 0 amide bonds. The number of methoxy groups -OCH3 is 1. The Kier molecular flexibility index (Phi) is 5.07. The average Bonchev–Trinajstić information content (AvgIpc) is 3.12. The summed E-state index contributed by atoms with van der Waals surface area (Å²) in [6.45, 7) is 0.957. The maximum Gasteiger partial charge on any atom is 0.119 e. The number of hydrogen-bond acceptors (Lipinski definition) is 2. The maximum atomic E-state index is 5.40. The number of fused-ring (bicyclic) bond motifs is 1. The number of ether oxygens (including phenoxy) is 1. The molecule has 0 radical (unpaired) electrons. The second kappa shape index (κ2) is 7.79. The lowest BCUT2D eigenvalue weighted by Crippen LogP contribution is -2.37. The first-order valence-corrected chi connectivity index (χ1v) is 9.44. The van der Waals surface area contributed by atoms with E-state index in [0.29, 0.717) is 12.0 Å². The van der Waals surface area contributed by atoms with Crippen LogP contribution in [0.25, 0.3) is 10.9 Å². The van der Waals surface area contributed by atoms with Gasteiger partial charge in [-0.15, -0.1) is 0 Å². The lowest BCUT2D eigenvalue weighted by Gasteiger charge is -2.29. The molecular formula is C23H26N2O. The summed E-state index contributed by atoms with van der Waals surface area (Å²) < 4.78 is 5.40. The Hall–Kier alpha value is -2.52. The van der Waals surface area contributed by atoms with E-state index in [4.69, 9.17) is 4.74 Å². The Bertz CT molecular complexity index is 896. The number of H-pyrrole nitrogens is 1. The van der Waals surface area contributed by atoms with Crippen molar-refractivity contribution in [2.45, 2.75) is 31.2 Å². The van der Waals surface area contributed by atoms with Crippen LogP contribution in [0.15, 0.2) is 66.9 Å². The highest BCUT2D eigenvalue weighted by atomic mass is 16.5. The summed E-state index contributed by atoms with van der Waals surface area (Å²) in [6.07, 6.45) is 10.2. The summed E-state index contributed by atoms with van der Waals surface area (Å²) in [5.41, 5.74) is 3.98. The van der Waals surface area contributed by atoms with Gasteiger partial charge in [-0.25, -0.2) is 0 Å². The predicted octanol–water partition coefficient (Wildman–Crippen LogP) is 4.81. The number of aromatic amines is 1. The topological polar surface area (TPSA) is 37.0 Å². The van der Waals surface area contributed by atoms with Gasteiger partial charge in [-0.3, -0.25) is 0 Å². The zero-order valence-electron chi connectivity index (χ0n) is 15.2. The molecule has 3 aromatic rings. The molecule has 2 heterocycles. The first-order chi connectivity index (χ1) is 12.8. The minimum absolute atomic E-state index is 0.404. The van der Waals surface area contributed by atoms with Gasteiger partial charge in [0, 0.05) is 35.6 Å². The third-order valence-corrected chi connectivity index (χ3v) is 5.39. The highest BCUT2D eigenvalue weighted by Gasteiger charge is 2.23. The van der Waals surface area contributed by atoms with Gasteiger partial charge in [0.25, 0.3) is 0 Å². The molecule has 2 aromatic carbocycles. The molecule has 1 aromatic heterocycles. The van der Waals surface area contributed by atoms with Crippen molar-refractivity contribution in [1.29, 1.82) is 0 Å². The number of nitrogens with one attached hydrogen (secondary N) is 2. The van der Waals surface area contributed by atoms with Crippen LogP contribution in [0.2, 0.25) is 0 Å². The molecule has 2 atom stereocenters. The van der Waals surface area contributed by atoms with Crippen molar-refractivity contribution in [2.24, 2.45) is 0 Å². The third-order valence-electron chi connectivity index (χ3n) is 5.39. The second-order valence-corrected chi connectivity index (χ2v) is 7.00. The van der Waals surface area contributed by atoms with Crippen molar-refractivity contribution in [3.63, 3.8) is 0 Å². The summed E-state index contributed by atoms with van der Waals surface area (Å²) in [7, 11) is 1.73. The molecule has 0 spiro atoms. The zero-order chi connectivity index (χ0) is 17.8. The molecule has 26 heavy (non-hydrogen) atoms. The van der Waals surface area contributed by atoms with E-state index in [1.807, 2.05) is 6.07 Å². The van der Waals surface area contributed by atoms with Crippen LogP contribution in [0.3, 0.4) is 0 Å². The quantitative estimate of drug-likeness (QED) is 0.629. The Labute approximate surface area is 155 Å². The fourth-order valence-electron chi connectivity index (χ4n) is 4.02. The molecule has 3 nitrogen and oxygen atoms in total. The van der Waals surface area contributed by atoms with E-state index in [1.165, 1.54) is 28.5 Å². The van der Waals surface area contributed by atoms with Crippen molar-refractivity contribution >= 4 is 10.9 Å². The molecular weight excluding hydrogens is 320 g/mol. The molecule has 1 aliphatic rings. The molecule has 2 unspecified atom stereocenters. The largest absolute Gasteiger partial charge is 0.497 e. The van der Waals surface area contributed by atoms with E-state index < -0.39 is 0 Å². The van der Waals surface area contributed by atoms with Crippen LogP contribution >= 0.6 is 0 Å². The van der Waals surface area contributed by atoms with Gasteiger partial charge in [-0.2, -0.15) is 0 Å². The summed E-state index contributed by atoms with van der Waals surface area (Å²) in [5.74, 6) is 1.33. The minimum Gasteiger partial charge on any atom is -0.497 e. The average molecular weight is 346 g/mol. The van der Waals surface area contributed by atoms with E-state index in [9.17, 15) is 0 Å². The number of benzene rings is 2. The molecule has 2 N–H and O–H groups in total. The smallest absolute Gasteiger partial charge is 0.119 e. The van der Waals surface area contributed by atoms with Crippen LogP contribution < -0.4 is 10.1 Å². The van der Waals surface area contributed by atoms with Gasteiger partial charge in [0.2, 0.25) is 0 Å². The molecule has 1 aliphatic heterocycles. The van der Waals surface area contributed by atoms with Gasteiger partial charge < -0.3 is 15.0 Å². The number of aromatic nitrogens is 1. The highest BCUT2D eigenvalue weighted by Crippen LogP contribution is 2.29. The summed E-state index contributed by atoms with van der Waals surface area (Å²) in [4.78, 5) is 3.38. The van der Waals surface area contributed by atoms with Gasteiger partial charge in [-0.1, -0.05) is 42.5 Å². The van der Waals surface area contributed by atoms with Crippen LogP contribution in [0.5, 0.6) is 5.75 Å². The molecule has 134 valence electrons. The fourth-order valence-corrected chi connectivity index (χ4v) is 4.02. The summed E-state index contributed by atoms with van der Waals surface area (Å²) >= 11 is 0. The molecule has 3 heteroatoms. The van der Waals surface area contributed by atoms with Crippen LogP contribution in [0.1, 0.15) is 29.9 Å². The monoisotopic (exact) mass is 346 g/mol. The molecule has 4 rings (SSSR count). The lowest BCUT2D eigenvalue weighted by atomic mass is 9.86. The van der Waals surface area contributed by atoms with E-state index in [2.05, 4.69) is 71.1 Å². The summed E-state index contributed by atoms with van der Waals surface area (Å²) in [6, 6.07) is 17.5. The number of para-hydroxylation sites is 1. The Morgan fingerprint density at radius 2 is 2.04 bits per heavy atom. The summed E-state index contributed by atoms with van der Waals surface area (Å²) in [5, 5.41) is 5.04. The minimum atomic E-state index is 0.404. The van der Waals surface area contributed by atoms with Gasteiger partial charge >= 0.3 is 0 Å². The SMILES string of the molecule is COc1cccc(C2C=CCNC2CCCc2c[nH]c3ccccc23)c1. The molecule has 0 saturated carbocycles. The lowest BCUT2D eigenvalue weighted by molar-refractivity contribution is 0.410. The van der Waals surface area contributed by atoms with E-state index >= 15 is 0 Å². The third kappa shape index (κ3) is 3.54. The van der Waals surface area contributed by atoms with Crippen LogP contribution in [-0.4, -0.2) is 24.7 Å².